The number of nitrogens with two attached hydrogens (primary N) is 1. The summed E-state index contributed by atoms with van der Waals surface area (Å²) in [7, 11) is 3.78. The number of methoxy groups -OCH3 is 1. The number of hydrogen-bond acceptors (Lipinski definition) is 5. The minimum Gasteiger partial charge on any atom is -0.380 e. The number of carbonyl (C=O) groups excluding carboxylic acids is 1. The highest BCUT2D eigenvalue weighted by atomic mass is 16.5. The summed E-state index contributed by atoms with van der Waals surface area (Å²) in [4.78, 5) is 19.1. The van der Waals surface area contributed by atoms with E-state index in [1.807, 2.05) is 11.8 Å². The van der Waals surface area contributed by atoms with Gasteiger partial charge >= 0.3 is 0 Å². The summed E-state index contributed by atoms with van der Waals surface area (Å²) in [5, 5.41) is 0. The lowest BCUT2D eigenvalue weighted by atomic mass is 10.0. The van der Waals surface area contributed by atoms with E-state index in [-0.39, 0.29) is 12.0 Å². The van der Waals surface area contributed by atoms with E-state index in [1.54, 1.807) is 7.11 Å². The van der Waals surface area contributed by atoms with Crippen molar-refractivity contribution in [2.75, 3.05) is 53.4 Å². The van der Waals surface area contributed by atoms with Gasteiger partial charge in [0.1, 0.15) is 6.04 Å². The van der Waals surface area contributed by atoms with Crippen LogP contribution in [0.15, 0.2) is 0 Å². The molecule has 2 saturated heterocycles. The fraction of sp³-hybridized carbons (Fsp3) is 0.933. The standard InChI is InChI=1S/C15H30N4O2/c1-12(21-3)14(16)15(20)19-10-8-18(9-11-19)13-4-6-17(2)7-5-13/h12-14H,4-11,16H2,1-3H3/t12-,14-/m1/s1. The lowest BCUT2D eigenvalue weighted by molar-refractivity contribution is -0.137. The maximum Gasteiger partial charge on any atom is 0.242 e. The fourth-order valence-electron chi connectivity index (χ4n) is 3.23. The van der Waals surface area contributed by atoms with Gasteiger partial charge in [0.2, 0.25) is 5.91 Å². The van der Waals surface area contributed by atoms with Crippen LogP contribution in [-0.4, -0.2) is 92.2 Å². The summed E-state index contributed by atoms with van der Waals surface area (Å²) in [5.41, 5.74) is 5.96. The van der Waals surface area contributed by atoms with E-state index in [1.165, 1.54) is 25.9 Å². The molecule has 0 saturated carbocycles. The molecule has 2 aliphatic rings. The quantitative estimate of drug-likeness (QED) is 0.764. The number of piperazine rings is 1. The number of hydrogen-bond donors (Lipinski definition) is 1. The fourth-order valence-corrected chi connectivity index (χ4v) is 3.23. The molecule has 6 nitrogen and oxygen atoms in total. The molecule has 1 amide bonds. The van der Waals surface area contributed by atoms with Crippen LogP contribution in [0.25, 0.3) is 0 Å². The first-order chi connectivity index (χ1) is 10.0. The maximum absolute atomic E-state index is 12.3. The second-order valence-electron chi connectivity index (χ2n) is 6.36. The highest BCUT2D eigenvalue weighted by molar-refractivity contribution is 5.82. The average Bonchev–Trinajstić information content (AvgIpc) is 2.53. The first-order valence-corrected chi connectivity index (χ1v) is 8.02. The number of nitrogens with zero attached hydrogens (tertiary/aromatic N) is 3. The predicted octanol–water partition coefficient (Wildman–Crippen LogP) is -0.413. The number of likely N-dealkylation sites (tertiary alicyclic amines) is 1. The van der Waals surface area contributed by atoms with Crippen LogP contribution < -0.4 is 5.73 Å². The summed E-state index contributed by atoms with van der Waals surface area (Å²) in [5.74, 6) is 0.0207. The van der Waals surface area contributed by atoms with Gasteiger partial charge in [-0.1, -0.05) is 0 Å². The second kappa shape index (κ2) is 7.54. The average molecular weight is 298 g/mol. The SMILES string of the molecule is CO[C@H](C)[C@@H](N)C(=O)N1CCN(C2CCN(C)CC2)CC1. The lowest BCUT2D eigenvalue weighted by Gasteiger charge is -2.42. The molecule has 0 spiro atoms. The molecule has 2 aliphatic heterocycles. The Bertz CT molecular complexity index is 337. The topological polar surface area (TPSA) is 62.0 Å². The van der Waals surface area contributed by atoms with E-state index >= 15 is 0 Å². The predicted molar refractivity (Wildman–Crippen MR) is 83.1 cm³/mol. The summed E-state index contributed by atoms with van der Waals surface area (Å²) >= 11 is 0. The molecule has 0 aromatic rings. The van der Waals surface area contributed by atoms with Crippen molar-refractivity contribution in [2.24, 2.45) is 5.73 Å². The molecule has 2 N–H and O–H groups in total. The molecule has 21 heavy (non-hydrogen) atoms. The number of piperidine rings is 1. The molecule has 2 rings (SSSR count). The normalized spacial score (nSPS) is 25.8. The van der Waals surface area contributed by atoms with Gasteiger partial charge in [-0.05, 0) is 39.9 Å². The van der Waals surface area contributed by atoms with E-state index < -0.39 is 6.04 Å². The van der Waals surface area contributed by atoms with E-state index in [4.69, 9.17) is 10.5 Å². The van der Waals surface area contributed by atoms with E-state index in [0.717, 1.165) is 26.2 Å². The van der Waals surface area contributed by atoms with Crippen molar-refractivity contribution in [1.29, 1.82) is 0 Å². The van der Waals surface area contributed by atoms with Gasteiger partial charge in [-0.25, -0.2) is 0 Å². The largest absolute Gasteiger partial charge is 0.380 e. The van der Waals surface area contributed by atoms with Gasteiger partial charge in [-0.2, -0.15) is 0 Å². The summed E-state index contributed by atoms with van der Waals surface area (Å²) in [6.07, 6.45) is 2.25. The molecule has 0 aromatic carbocycles. The van der Waals surface area contributed by atoms with Gasteiger partial charge in [-0.15, -0.1) is 0 Å². The molecule has 0 aromatic heterocycles. The molecule has 0 bridgehead atoms. The van der Waals surface area contributed by atoms with Crippen molar-refractivity contribution in [2.45, 2.75) is 38.0 Å². The van der Waals surface area contributed by atoms with Gasteiger partial charge in [0.25, 0.3) is 0 Å². The van der Waals surface area contributed by atoms with Crippen molar-refractivity contribution < 1.29 is 9.53 Å². The highest BCUT2D eigenvalue weighted by Crippen LogP contribution is 2.17. The second-order valence-corrected chi connectivity index (χ2v) is 6.36. The zero-order valence-electron chi connectivity index (χ0n) is 13.6. The van der Waals surface area contributed by atoms with Crippen LogP contribution in [0.5, 0.6) is 0 Å². The monoisotopic (exact) mass is 298 g/mol. The van der Waals surface area contributed by atoms with Gasteiger partial charge in [0, 0.05) is 39.3 Å². The van der Waals surface area contributed by atoms with Crippen LogP contribution in [0.1, 0.15) is 19.8 Å². The molecular formula is C15H30N4O2. The first-order valence-electron chi connectivity index (χ1n) is 8.02. The maximum atomic E-state index is 12.3. The molecule has 0 radical (unpaired) electrons. The van der Waals surface area contributed by atoms with Gasteiger partial charge in [0.05, 0.1) is 6.10 Å². The van der Waals surface area contributed by atoms with Crippen molar-refractivity contribution in [3.05, 3.63) is 0 Å². The van der Waals surface area contributed by atoms with Crippen LogP contribution >= 0.6 is 0 Å². The Morgan fingerprint density at radius 1 is 1.14 bits per heavy atom. The summed E-state index contributed by atoms with van der Waals surface area (Å²) in [6, 6.07) is 0.134. The molecule has 0 unspecified atom stereocenters. The smallest absolute Gasteiger partial charge is 0.242 e. The van der Waals surface area contributed by atoms with Crippen molar-refractivity contribution in [3.63, 3.8) is 0 Å². The van der Waals surface area contributed by atoms with Crippen LogP contribution in [0, 0.1) is 0 Å². The molecular weight excluding hydrogens is 268 g/mol. The third kappa shape index (κ3) is 4.16. The first kappa shape index (κ1) is 16.7. The number of carbonyl (C=O) groups is 1. The Balaban J connectivity index is 1.79. The number of rotatable bonds is 4. The zero-order chi connectivity index (χ0) is 15.4. The van der Waals surface area contributed by atoms with Crippen molar-refractivity contribution in [3.8, 4) is 0 Å². The molecule has 2 fully saturated rings. The summed E-state index contributed by atoms with van der Waals surface area (Å²) in [6.45, 7) is 7.71. The minimum atomic E-state index is -0.551. The third-order valence-electron chi connectivity index (χ3n) is 4.99. The lowest BCUT2D eigenvalue weighted by Crippen LogP contribution is -2.58. The van der Waals surface area contributed by atoms with Gasteiger partial charge < -0.3 is 20.3 Å². The van der Waals surface area contributed by atoms with E-state index in [9.17, 15) is 4.79 Å². The number of amides is 1. The zero-order valence-corrected chi connectivity index (χ0v) is 13.6. The molecule has 122 valence electrons. The van der Waals surface area contributed by atoms with Gasteiger partial charge in [0.15, 0.2) is 0 Å². The van der Waals surface area contributed by atoms with Crippen LogP contribution in [0.3, 0.4) is 0 Å². The van der Waals surface area contributed by atoms with Gasteiger partial charge in [-0.3, -0.25) is 9.69 Å². The third-order valence-corrected chi connectivity index (χ3v) is 4.99. The van der Waals surface area contributed by atoms with Crippen LogP contribution in [0.4, 0.5) is 0 Å². The Morgan fingerprint density at radius 3 is 2.24 bits per heavy atom. The number of ether oxygens (including phenoxy) is 1. The molecule has 2 heterocycles. The van der Waals surface area contributed by atoms with E-state index in [2.05, 4.69) is 16.8 Å². The Kier molecular flexibility index (Phi) is 5.98. The Labute approximate surface area is 128 Å². The Hall–Kier alpha value is -0.690. The highest BCUT2D eigenvalue weighted by Gasteiger charge is 2.31. The summed E-state index contributed by atoms with van der Waals surface area (Å²) < 4.78 is 5.16. The van der Waals surface area contributed by atoms with E-state index in [0.29, 0.717) is 6.04 Å². The molecule has 0 aliphatic carbocycles. The van der Waals surface area contributed by atoms with Crippen LogP contribution in [0.2, 0.25) is 0 Å². The van der Waals surface area contributed by atoms with Crippen LogP contribution in [-0.2, 0) is 9.53 Å². The minimum absolute atomic E-state index is 0.0207. The van der Waals surface area contributed by atoms with Crippen molar-refractivity contribution >= 4 is 5.91 Å². The molecule has 6 heteroatoms. The molecule has 2 atom stereocenters. The van der Waals surface area contributed by atoms with Crippen molar-refractivity contribution in [1.82, 2.24) is 14.7 Å². The Morgan fingerprint density at radius 2 is 1.71 bits per heavy atom.